The number of rotatable bonds is 4. The first kappa shape index (κ1) is 24.5. The third kappa shape index (κ3) is 3.23. The number of carboxylic acids is 1. The quantitative estimate of drug-likeness (QED) is 0.239. The lowest BCUT2D eigenvalue weighted by Crippen LogP contribution is -2.50. The van der Waals surface area contributed by atoms with Crippen LogP contribution < -0.4 is 10.2 Å². The first-order valence-electron chi connectivity index (χ1n) is 12.8. The van der Waals surface area contributed by atoms with Crippen LogP contribution in [-0.2, 0) is 13.9 Å². The number of carbonyl (C=O) groups is 4. The van der Waals surface area contributed by atoms with Crippen LogP contribution in [0.4, 0.5) is 11.4 Å². The number of amides is 3. The van der Waals surface area contributed by atoms with Gasteiger partial charge in [0.1, 0.15) is 0 Å². The van der Waals surface area contributed by atoms with Gasteiger partial charge >= 0.3 is 5.97 Å². The summed E-state index contributed by atoms with van der Waals surface area (Å²) in [6, 6.07) is 28.3. The van der Waals surface area contributed by atoms with Crippen LogP contribution in [0.1, 0.15) is 48.9 Å². The molecule has 4 aliphatic rings. The van der Waals surface area contributed by atoms with Gasteiger partial charge in [-0.1, -0.05) is 76.6 Å². The Bertz CT molecular complexity index is 1720. The van der Waals surface area contributed by atoms with Crippen LogP contribution >= 0.6 is 15.9 Å². The molecule has 0 aromatic heterocycles. The number of nitrogens with zero attached hydrogens (tertiary/aromatic N) is 1. The van der Waals surface area contributed by atoms with Crippen molar-refractivity contribution >= 4 is 51.0 Å². The van der Waals surface area contributed by atoms with Crippen LogP contribution in [0.5, 0.6) is 0 Å². The number of hydrogen-bond donors (Lipinski definition) is 2. The highest BCUT2D eigenvalue weighted by atomic mass is 79.9. The molecule has 2 N–H and O–H groups in total. The zero-order valence-electron chi connectivity index (χ0n) is 20.9. The van der Waals surface area contributed by atoms with E-state index in [9.17, 15) is 24.3 Å². The summed E-state index contributed by atoms with van der Waals surface area (Å²) in [4.78, 5) is 53.7. The molecule has 40 heavy (non-hydrogen) atoms. The van der Waals surface area contributed by atoms with Crippen molar-refractivity contribution in [3.8, 4) is 0 Å². The molecule has 0 unspecified atom stereocenters. The fraction of sp³-hybridized carbons (Fsp3) is 0.125. The second kappa shape index (κ2) is 8.72. The molecule has 4 aromatic rings. The van der Waals surface area contributed by atoms with Gasteiger partial charge in [-0.3, -0.25) is 14.4 Å². The standard InChI is InChI=1S/C32H21BrN2O5/c33-32-22-10-4-1-7-19(22)25(20-8-2-5-11-23(20)32)26-27(32)30(38)35(29(26)37)18-15-13-17(14-16-18)28(36)34-24-12-6-3-9-21(24)31(39)40/h1-16,25-27H,(H,34,36)(H,39,40)/t25?,26-,27+,32?/m1/s1. The summed E-state index contributed by atoms with van der Waals surface area (Å²) >= 11 is 3.99. The number of imide groups is 1. The lowest BCUT2D eigenvalue weighted by atomic mass is 9.55. The van der Waals surface area contributed by atoms with E-state index in [1.165, 1.54) is 29.2 Å². The Kier molecular flexibility index (Phi) is 5.34. The van der Waals surface area contributed by atoms with Crippen LogP contribution in [0.3, 0.4) is 0 Å². The normalized spacial score (nSPS) is 23.8. The number of carboxylic acid groups (broad SMARTS) is 1. The largest absolute Gasteiger partial charge is 0.478 e. The second-order valence-electron chi connectivity index (χ2n) is 10.2. The van der Waals surface area contributed by atoms with Gasteiger partial charge in [-0.05, 0) is 58.7 Å². The molecule has 0 saturated carbocycles. The molecule has 1 fully saturated rings. The molecule has 3 aliphatic carbocycles. The average Bonchev–Trinajstić information content (AvgIpc) is 3.24. The third-order valence-electron chi connectivity index (χ3n) is 8.31. The SMILES string of the molecule is O=C(Nc1ccccc1C(=O)O)c1ccc(N2C(=O)[C@@H]3C4c5ccccc5C(Br)(c5ccccc54)[C@@H]3C2=O)cc1. The van der Waals surface area contributed by atoms with E-state index < -0.39 is 28.0 Å². The summed E-state index contributed by atoms with van der Waals surface area (Å²) in [5, 5.41) is 12.0. The van der Waals surface area contributed by atoms with Crippen molar-refractivity contribution in [3.63, 3.8) is 0 Å². The van der Waals surface area contributed by atoms with Crippen molar-refractivity contribution in [2.24, 2.45) is 11.8 Å². The van der Waals surface area contributed by atoms with Crippen molar-refractivity contribution in [1.82, 2.24) is 0 Å². The molecule has 1 heterocycles. The van der Waals surface area contributed by atoms with E-state index >= 15 is 0 Å². The number of carbonyl (C=O) groups excluding carboxylic acids is 3. The molecule has 196 valence electrons. The summed E-state index contributed by atoms with van der Waals surface area (Å²) in [6.07, 6.45) is 0. The summed E-state index contributed by atoms with van der Waals surface area (Å²) in [5.41, 5.74) is 4.92. The number of alkyl halides is 1. The third-order valence-corrected chi connectivity index (χ3v) is 9.66. The molecule has 8 rings (SSSR count). The van der Waals surface area contributed by atoms with E-state index in [4.69, 9.17) is 0 Å². The average molecular weight is 593 g/mol. The minimum atomic E-state index is -1.15. The predicted molar refractivity (Wildman–Crippen MR) is 152 cm³/mol. The van der Waals surface area contributed by atoms with Crippen LogP contribution in [-0.4, -0.2) is 28.8 Å². The van der Waals surface area contributed by atoms with Crippen molar-refractivity contribution < 1.29 is 24.3 Å². The number of halogens is 1. The summed E-state index contributed by atoms with van der Waals surface area (Å²) in [7, 11) is 0. The van der Waals surface area contributed by atoms with Gasteiger partial charge in [0, 0.05) is 11.5 Å². The molecular formula is C32H21BrN2O5. The van der Waals surface area contributed by atoms with Crippen LogP contribution in [0.15, 0.2) is 97.1 Å². The van der Waals surface area contributed by atoms with Gasteiger partial charge in [0.15, 0.2) is 0 Å². The van der Waals surface area contributed by atoms with Gasteiger partial charge in [0.2, 0.25) is 11.8 Å². The molecule has 0 radical (unpaired) electrons. The molecule has 2 atom stereocenters. The molecular weight excluding hydrogens is 572 g/mol. The Hall–Kier alpha value is -4.56. The first-order chi connectivity index (χ1) is 19.3. The molecule has 7 nitrogen and oxygen atoms in total. The predicted octanol–water partition coefficient (Wildman–Crippen LogP) is 5.54. The summed E-state index contributed by atoms with van der Waals surface area (Å²) in [5.74, 6) is -3.62. The van der Waals surface area contributed by atoms with Gasteiger partial charge in [-0.2, -0.15) is 0 Å². The molecule has 4 aromatic carbocycles. The number of para-hydroxylation sites is 1. The van der Waals surface area contributed by atoms with Crippen molar-refractivity contribution in [3.05, 3.63) is 130 Å². The van der Waals surface area contributed by atoms with E-state index in [0.717, 1.165) is 22.3 Å². The zero-order chi connectivity index (χ0) is 27.8. The van der Waals surface area contributed by atoms with E-state index in [0.29, 0.717) is 5.69 Å². The Morgan fingerprint density at radius 3 is 1.98 bits per heavy atom. The molecule has 2 bridgehead atoms. The van der Waals surface area contributed by atoms with E-state index in [1.54, 1.807) is 24.3 Å². The first-order valence-corrected chi connectivity index (χ1v) is 13.6. The summed E-state index contributed by atoms with van der Waals surface area (Å²) < 4.78 is -0.835. The van der Waals surface area contributed by atoms with E-state index in [2.05, 4.69) is 21.2 Å². The van der Waals surface area contributed by atoms with E-state index in [-0.39, 0.29) is 34.5 Å². The van der Waals surface area contributed by atoms with Crippen LogP contribution in [0.25, 0.3) is 0 Å². The molecule has 0 spiro atoms. The molecule has 1 saturated heterocycles. The maximum Gasteiger partial charge on any atom is 0.337 e. The van der Waals surface area contributed by atoms with Gasteiger partial charge in [0.25, 0.3) is 5.91 Å². The van der Waals surface area contributed by atoms with Gasteiger partial charge in [0.05, 0.1) is 33.1 Å². The highest BCUT2D eigenvalue weighted by Gasteiger charge is 2.67. The monoisotopic (exact) mass is 592 g/mol. The maximum atomic E-state index is 14.1. The van der Waals surface area contributed by atoms with Gasteiger partial charge in [-0.15, -0.1) is 0 Å². The second-order valence-corrected chi connectivity index (χ2v) is 11.5. The lowest BCUT2D eigenvalue weighted by Gasteiger charge is -2.51. The smallest absolute Gasteiger partial charge is 0.337 e. The molecule has 1 aliphatic heterocycles. The van der Waals surface area contributed by atoms with Gasteiger partial charge < -0.3 is 10.4 Å². The highest BCUT2D eigenvalue weighted by Crippen LogP contribution is 2.66. The number of nitrogens with one attached hydrogen (secondary N) is 1. The fourth-order valence-electron chi connectivity index (χ4n) is 6.67. The topological polar surface area (TPSA) is 104 Å². The van der Waals surface area contributed by atoms with Crippen LogP contribution in [0, 0.1) is 11.8 Å². The molecule has 8 heteroatoms. The fourth-order valence-corrected chi connectivity index (χ4v) is 7.87. The highest BCUT2D eigenvalue weighted by molar-refractivity contribution is 9.09. The molecule has 3 amide bonds. The minimum absolute atomic E-state index is 0.0244. The zero-order valence-corrected chi connectivity index (χ0v) is 22.5. The van der Waals surface area contributed by atoms with Gasteiger partial charge in [-0.25, -0.2) is 9.69 Å². The number of aromatic carboxylic acids is 1. The minimum Gasteiger partial charge on any atom is -0.478 e. The number of anilines is 2. The Morgan fingerprint density at radius 2 is 1.35 bits per heavy atom. The van der Waals surface area contributed by atoms with Crippen molar-refractivity contribution in [2.75, 3.05) is 10.2 Å². The number of hydrogen-bond acceptors (Lipinski definition) is 4. The Morgan fingerprint density at radius 1 is 0.775 bits per heavy atom. The van der Waals surface area contributed by atoms with E-state index in [1.807, 2.05) is 48.5 Å². The lowest BCUT2D eigenvalue weighted by molar-refractivity contribution is -0.122. The Labute approximate surface area is 237 Å². The Balaban J connectivity index is 1.23. The maximum absolute atomic E-state index is 14.1. The van der Waals surface area contributed by atoms with Crippen LogP contribution in [0.2, 0.25) is 0 Å². The van der Waals surface area contributed by atoms with Crippen molar-refractivity contribution in [2.45, 2.75) is 10.2 Å². The number of benzene rings is 4. The van der Waals surface area contributed by atoms with Crippen molar-refractivity contribution in [1.29, 1.82) is 0 Å². The summed E-state index contributed by atoms with van der Waals surface area (Å²) in [6.45, 7) is 0.